The van der Waals surface area contributed by atoms with Crippen LogP contribution < -0.4 is 11.1 Å². The number of amides is 1. The molecular formula is C24H25N7O2S. The number of thiazole rings is 1. The van der Waals surface area contributed by atoms with Crippen LogP contribution in [0.5, 0.6) is 0 Å². The van der Waals surface area contributed by atoms with Crippen LogP contribution in [0.4, 0.5) is 5.82 Å². The molecule has 174 valence electrons. The molecule has 10 heteroatoms. The molecule has 1 aromatic carbocycles. The lowest BCUT2D eigenvalue weighted by molar-refractivity contribution is -0.137. The molecule has 0 radical (unpaired) electrons. The number of aromatic nitrogens is 4. The molecule has 0 unspecified atom stereocenters. The fraction of sp³-hybridized carbons (Fsp3) is 0.333. The summed E-state index contributed by atoms with van der Waals surface area (Å²) in [5.41, 5.74) is 9.88. The van der Waals surface area contributed by atoms with Crippen molar-refractivity contribution in [1.29, 1.82) is 0 Å². The van der Waals surface area contributed by atoms with Gasteiger partial charge in [0.15, 0.2) is 0 Å². The molecule has 1 amide bonds. The molecule has 0 aliphatic carbocycles. The maximum atomic E-state index is 12.8. The van der Waals surface area contributed by atoms with Crippen molar-refractivity contribution in [2.24, 2.45) is 0 Å². The minimum Gasteiger partial charge on any atom is -0.383 e. The van der Waals surface area contributed by atoms with Crippen molar-refractivity contribution in [3.8, 4) is 21.7 Å². The van der Waals surface area contributed by atoms with Crippen molar-refractivity contribution < 1.29 is 9.53 Å². The Morgan fingerprint density at radius 1 is 1.18 bits per heavy atom. The molecule has 34 heavy (non-hydrogen) atoms. The SMILES string of the molecule is Nc1ncc(-c2cnn([C@@H]3CN[C@@H](C(=O)N4CCOCC4)C3)c2)cc1-c1nc2ccccc2s1. The normalized spacial score (nSPS) is 20.8. The number of ether oxygens (including phenoxy) is 1. The Labute approximate surface area is 200 Å². The molecule has 0 spiro atoms. The first kappa shape index (κ1) is 21.2. The van der Waals surface area contributed by atoms with Crippen LogP contribution in [-0.2, 0) is 9.53 Å². The van der Waals surface area contributed by atoms with Crippen molar-refractivity contribution in [2.45, 2.75) is 18.5 Å². The number of anilines is 1. The van der Waals surface area contributed by atoms with E-state index in [1.807, 2.05) is 46.2 Å². The Morgan fingerprint density at radius 3 is 2.88 bits per heavy atom. The molecular weight excluding hydrogens is 450 g/mol. The van der Waals surface area contributed by atoms with Crippen LogP contribution in [0.3, 0.4) is 0 Å². The molecule has 2 saturated heterocycles. The molecule has 3 N–H and O–H groups in total. The quantitative estimate of drug-likeness (QED) is 0.467. The van der Waals surface area contributed by atoms with Crippen molar-refractivity contribution in [2.75, 3.05) is 38.6 Å². The number of carbonyl (C=O) groups excluding carboxylic acids is 1. The van der Waals surface area contributed by atoms with Gasteiger partial charge in [0.2, 0.25) is 5.91 Å². The number of nitrogens with zero attached hydrogens (tertiary/aromatic N) is 5. The summed E-state index contributed by atoms with van der Waals surface area (Å²) in [6.45, 7) is 3.25. The average Bonchev–Trinajstić information content (AvgIpc) is 3.63. The summed E-state index contributed by atoms with van der Waals surface area (Å²) in [7, 11) is 0. The van der Waals surface area contributed by atoms with E-state index in [2.05, 4.69) is 21.5 Å². The van der Waals surface area contributed by atoms with E-state index in [4.69, 9.17) is 15.5 Å². The molecule has 0 bridgehead atoms. The number of para-hydroxylation sites is 1. The zero-order valence-electron chi connectivity index (χ0n) is 18.6. The van der Waals surface area contributed by atoms with E-state index >= 15 is 0 Å². The average molecular weight is 476 g/mol. The third-order valence-corrected chi connectivity index (χ3v) is 7.55. The molecule has 4 aromatic rings. The smallest absolute Gasteiger partial charge is 0.239 e. The summed E-state index contributed by atoms with van der Waals surface area (Å²) in [6.07, 6.45) is 6.34. The first-order valence-corrected chi connectivity index (χ1v) is 12.2. The topological polar surface area (TPSA) is 111 Å². The summed E-state index contributed by atoms with van der Waals surface area (Å²) in [4.78, 5) is 23.9. The molecule has 2 fully saturated rings. The van der Waals surface area contributed by atoms with Gasteiger partial charge in [0.05, 0.1) is 47.3 Å². The highest BCUT2D eigenvalue weighted by atomic mass is 32.1. The third-order valence-electron chi connectivity index (χ3n) is 6.48. The van der Waals surface area contributed by atoms with Gasteiger partial charge in [0.1, 0.15) is 10.8 Å². The standard InChI is InChI=1S/C24H25N7O2S/c25-22-18(23-29-19-3-1-2-4-21(19)34-23)9-15(11-27-22)16-12-28-31(14-16)17-10-20(26-13-17)24(32)30-5-7-33-8-6-30/h1-4,9,11-12,14,17,20,26H,5-8,10,13H2,(H2,25,27)/t17-,20+/m0/s1. The van der Waals surface area contributed by atoms with E-state index in [9.17, 15) is 4.79 Å². The van der Waals surface area contributed by atoms with Crippen LogP contribution in [0.1, 0.15) is 12.5 Å². The highest BCUT2D eigenvalue weighted by Gasteiger charge is 2.34. The summed E-state index contributed by atoms with van der Waals surface area (Å²) in [5.74, 6) is 0.612. The summed E-state index contributed by atoms with van der Waals surface area (Å²) in [5, 5.41) is 8.83. The Hall–Kier alpha value is -3.34. The number of nitrogen functional groups attached to an aromatic ring is 1. The monoisotopic (exact) mass is 475 g/mol. The second kappa shape index (κ2) is 8.79. The first-order chi connectivity index (χ1) is 16.7. The number of hydrogen-bond donors (Lipinski definition) is 2. The largest absolute Gasteiger partial charge is 0.383 e. The number of nitrogens with two attached hydrogens (primary N) is 1. The molecule has 6 rings (SSSR count). The van der Waals surface area contributed by atoms with Crippen molar-refractivity contribution in [3.05, 3.63) is 48.9 Å². The second-order valence-electron chi connectivity index (χ2n) is 8.64. The van der Waals surface area contributed by atoms with Crippen molar-refractivity contribution in [3.63, 3.8) is 0 Å². The lowest BCUT2D eigenvalue weighted by atomic mass is 10.1. The number of pyridine rings is 1. The molecule has 2 atom stereocenters. The van der Waals surface area contributed by atoms with E-state index in [0.29, 0.717) is 45.1 Å². The van der Waals surface area contributed by atoms with Gasteiger partial charge in [-0.05, 0) is 24.6 Å². The number of morpholine rings is 1. The number of benzene rings is 1. The van der Waals surface area contributed by atoms with E-state index < -0.39 is 0 Å². The molecule has 3 aromatic heterocycles. The highest BCUT2D eigenvalue weighted by molar-refractivity contribution is 7.21. The van der Waals surface area contributed by atoms with E-state index in [1.54, 1.807) is 17.5 Å². The Balaban J connectivity index is 1.21. The second-order valence-corrected chi connectivity index (χ2v) is 9.67. The zero-order valence-corrected chi connectivity index (χ0v) is 19.4. The first-order valence-electron chi connectivity index (χ1n) is 11.4. The van der Waals surface area contributed by atoms with Gasteiger partial charge in [-0.25, -0.2) is 9.97 Å². The molecule has 2 aliphatic heterocycles. The van der Waals surface area contributed by atoms with Gasteiger partial charge in [0, 0.05) is 43.2 Å². The summed E-state index contributed by atoms with van der Waals surface area (Å²) < 4.78 is 8.43. The minimum absolute atomic E-state index is 0.120. The zero-order chi connectivity index (χ0) is 23.1. The van der Waals surface area contributed by atoms with Crippen molar-refractivity contribution in [1.82, 2.24) is 30.0 Å². The number of nitrogens with one attached hydrogen (secondary N) is 1. The summed E-state index contributed by atoms with van der Waals surface area (Å²) in [6, 6.07) is 10.0. The molecule has 5 heterocycles. The van der Waals surface area contributed by atoms with Crippen LogP contribution in [0, 0.1) is 0 Å². The van der Waals surface area contributed by atoms with Crippen LogP contribution >= 0.6 is 11.3 Å². The molecule has 0 saturated carbocycles. The maximum absolute atomic E-state index is 12.8. The Kier molecular flexibility index (Phi) is 5.48. The van der Waals surface area contributed by atoms with Gasteiger partial charge < -0.3 is 20.7 Å². The van der Waals surface area contributed by atoms with Gasteiger partial charge in [-0.3, -0.25) is 9.48 Å². The lowest BCUT2D eigenvalue weighted by Crippen LogP contribution is -2.48. The molecule has 2 aliphatic rings. The predicted octanol–water partition coefficient (Wildman–Crippen LogP) is 2.57. The minimum atomic E-state index is -0.181. The lowest BCUT2D eigenvalue weighted by Gasteiger charge is -2.29. The van der Waals surface area contributed by atoms with Gasteiger partial charge in [-0.15, -0.1) is 11.3 Å². The Bertz CT molecular complexity index is 1310. The number of carbonyl (C=O) groups is 1. The van der Waals surface area contributed by atoms with Crippen LogP contribution in [0.2, 0.25) is 0 Å². The maximum Gasteiger partial charge on any atom is 0.239 e. The number of hydrogen-bond acceptors (Lipinski definition) is 8. The molecule has 9 nitrogen and oxygen atoms in total. The van der Waals surface area contributed by atoms with E-state index in [-0.39, 0.29) is 18.0 Å². The van der Waals surface area contributed by atoms with E-state index in [0.717, 1.165) is 31.9 Å². The Morgan fingerprint density at radius 2 is 2.03 bits per heavy atom. The van der Waals surface area contributed by atoms with Crippen LogP contribution in [0.25, 0.3) is 31.9 Å². The van der Waals surface area contributed by atoms with Gasteiger partial charge >= 0.3 is 0 Å². The van der Waals surface area contributed by atoms with Crippen LogP contribution in [-0.4, -0.2) is 69.4 Å². The predicted molar refractivity (Wildman–Crippen MR) is 131 cm³/mol. The number of rotatable bonds is 4. The highest BCUT2D eigenvalue weighted by Crippen LogP contribution is 2.35. The number of fused-ring (bicyclic) bond motifs is 1. The fourth-order valence-corrected chi connectivity index (χ4v) is 5.58. The van der Waals surface area contributed by atoms with Crippen molar-refractivity contribution >= 4 is 33.3 Å². The van der Waals surface area contributed by atoms with Gasteiger partial charge in [0.25, 0.3) is 0 Å². The van der Waals surface area contributed by atoms with Gasteiger partial charge in [-0.2, -0.15) is 5.10 Å². The van der Waals surface area contributed by atoms with Crippen LogP contribution in [0.15, 0.2) is 48.9 Å². The van der Waals surface area contributed by atoms with Gasteiger partial charge in [-0.1, -0.05) is 12.1 Å². The summed E-state index contributed by atoms with van der Waals surface area (Å²) >= 11 is 1.60. The van der Waals surface area contributed by atoms with E-state index in [1.165, 1.54) is 0 Å². The third kappa shape index (κ3) is 3.93. The fourth-order valence-electron chi connectivity index (χ4n) is 4.59.